The second kappa shape index (κ2) is 14.6. The number of nitrogens with one attached hydrogen (secondary N) is 1. The molecular formula is C33H41N2O7S+. The molecule has 4 rings (SSSR count). The van der Waals surface area contributed by atoms with Crippen molar-refractivity contribution in [1.82, 2.24) is 5.32 Å². The minimum atomic E-state index is -3.98. The van der Waals surface area contributed by atoms with Crippen LogP contribution in [0.5, 0.6) is 0 Å². The van der Waals surface area contributed by atoms with Crippen LogP contribution in [0.3, 0.4) is 0 Å². The van der Waals surface area contributed by atoms with Crippen molar-refractivity contribution in [3.63, 3.8) is 0 Å². The minimum Gasteiger partial charge on any atom is -0.459 e. The van der Waals surface area contributed by atoms with Crippen molar-refractivity contribution in [3.8, 4) is 11.1 Å². The first-order chi connectivity index (χ1) is 20.5. The highest BCUT2D eigenvalue weighted by Crippen LogP contribution is 2.44. The van der Waals surface area contributed by atoms with Gasteiger partial charge >= 0.3 is 12.1 Å². The highest BCUT2D eigenvalue weighted by atomic mass is 32.2. The van der Waals surface area contributed by atoms with Crippen LogP contribution in [0.25, 0.3) is 11.1 Å². The van der Waals surface area contributed by atoms with E-state index in [1.165, 1.54) is 0 Å². The number of unbranched alkanes of at least 4 members (excludes halogenated alkanes) is 1. The van der Waals surface area contributed by atoms with Crippen LogP contribution in [0.1, 0.15) is 48.3 Å². The fraction of sp³-hybridized carbons (Fsp3) is 0.394. The average Bonchev–Trinajstić information content (AvgIpc) is 3.29. The van der Waals surface area contributed by atoms with Crippen molar-refractivity contribution in [2.45, 2.75) is 44.2 Å². The molecule has 2 N–H and O–H groups in total. The molecule has 9 nitrogen and oxygen atoms in total. The topological polar surface area (TPSA) is 119 Å². The van der Waals surface area contributed by atoms with Crippen LogP contribution in [0.15, 0.2) is 78.9 Å². The van der Waals surface area contributed by atoms with Gasteiger partial charge in [0.15, 0.2) is 0 Å². The molecule has 0 aliphatic heterocycles. The summed E-state index contributed by atoms with van der Waals surface area (Å²) in [6, 6.07) is 24.7. The van der Waals surface area contributed by atoms with E-state index in [9.17, 15) is 18.0 Å². The standard InChI is InChI=1S/C33H40N2O7S/c1-35(2,21-12-22-43(38,39)40)20-11-10-19-31(32(36)41-23-25-13-4-3-5-14-25)34-33(37)42-24-30-28-17-8-6-15-26(28)27-16-7-9-18-29(27)30/h3-9,13-18,30-31H,10-12,19-24H2,1-2H3,(H-,34,37,38,39,40)/p+1/t31-/m0/s1. The lowest BCUT2D eigenvalue weighted by molar-refractivity contribution is -0.890. The van der Waals surface area contributed by atoms with Gasteiger partial charge in [0.2, 0.25) is 0 Å². The number of carbonyl (C=O) groups is 2. The zero-order valence-corrected chi connectivity index (χ0v) is 25.6. The van der Waals surface area contributed by atoms with E-state index in [4.69, 9.17) is 14.0 Å². The number of hydrogen-bond donors (Lipinski definition) is 2. The van der Waals surface area contributed by atoms with Gasteiger partial charge in [0.05, 0.1) is 32.9 Å². The average molecular weight is 610 g/mol. The number of hydrogen-bond acceptors (Lipinski definition) is 6. The Morgan fingerprint density at radius 3 is 2.05 bits per heavy atom. The lowest BCUT2D eigenvalue weighted by atomic mass is 9.98. The van der Waals surface area contributed by atoms with Gasteiger partial charge in [0, 0.05) is 12.3 Å². The quantitative estimate of drug-likeness (QED) is 0.106. The normalized spacial score (nSPS) is 13.6. The van der Waals surface area contributed by atoms with Gasteiger partial charge in [0.25, 0.3) is 10.1 Å². The van der Waals surface area contributed by atoms with Gasteiger partial charge in [-0.25, -0.2) is 9.59 Å². The first-order valence-corrected chi connectivity index (χ1v) is 16.2. The molecule has 3 aromatic carbocycles. The van der Waals surface area contributed by atoms with Crippen molar-refractivity contribution in [1.29, 1.82) is 0 Å². The van der Waals surface area contributed by atoms with E-state index in [0.717, 1.165) is 40.8 Å². The number of alkyl carbamates (subject to hydrolysis) is 1. The van der Waals surface area contributed by atoms with Crippen LogP contribution in [-0.2, 0) is 31.0 Å². The van der Waals surface area contributed by atoms with Gasteiger partial charge in [-0.05, 0) is 47.1 Å². The summed E-state index contributed by atoms with van der Waals surface area (Å²) in [6.45, 7) is 1.56. The molecule has 0 bridgehead atoms. The summed E-state index contributed by atoms with van der Waals surface area (Å²) in [4.78, 5) is 26.1. The second-order valence-corrected chi connectivity index (χ2v) is 13.2. The van der Waals surface area contributed by atoms with Crippen LogP contribution in [-0.4, -0.2) is 75.1 Å². The molecule has 0 spiro atoms. The fourth-order valence-electron chi connectivity index (χ4n) is 5.54. The number of fused-ring (bicyclic) bond motifs is 3. The molecule has 3 aromatic rings. The number of benzene rings is 3. The Hall–Kier alpha value is -3.73. The number of carbonyl (C=O) groups excluding carboxylic acids is 2. The van der Waals surface area contributed by atoms with E-state index in [0.29, 0.717) is 30.3 Å². The van der Waals surface area contributed by atoms with Crippen molar-refractivity contribution in [2.75, 3.05) is 39.5 Å². The summed E-state index contributed by atoms with van der Waals surface area (Å²) in [5, 5.41) is 2.74. The Kier molecular flexibility index (Phi) is 11.0. The number of amides is 1. The number of esters is 1. The van der Waals surface area contributed by atoms with Crippen LogP contribution < -0.4 is 5.32 Å². The molecule has 0 heterocycles. The minimum absolute atomic E-state index is 0.0950. The molecule has 1 aliphatic rings. The van der Waals surface area contributed by atoms with E-state index < -0.39 is 28.2 Å². The maximum atomic E-state index is 13.1. The van der Waals surface area contributed by atoms with E-state index in [2.05, 4.69) is 17.4 Å². The molecule has 0 unspecified atom stereocenters. The Bertz CT molecular complexity index is 1450. The predicted octanol–water partition coefficient (Wildman–Crippen LogP) is 5.16. The number of nitrogens with zero attached hydrogens (tertiary/aromatic N) is 1. The van der Waals surface area contributed by atoms with E-state index in [-0.39, 0.29) is 24.9 Å². The first-order valence-electron chi connectivity index (χ1n) is 14.6. The Balaban J connectivity index is 1.33. The van der Waals surface area contributed by atoms with Crippen LogP contribution >= 0.6 is 0 Å². The van der Waals surface area contributed by atoms with Gasteiger partial charge in [-0.3, -0.25) is 4.55 Å². The number of ether oxygens (including phenoxy) is 2. The summed E-state index contributed by atoms with van der Waals surface area (Å²) in [7, 11) is -0.00166. The molecule has 230 valence electrons. The Morgan fingerprint density at radius 2 is 1.42 bits per heavy atom. The third-order valence-corrected chi connectivity index (χ3v) is 8.62. The third kappa shape index (κ3) is 9.64. The van der Waals surface area contributed by atoms with Crippen LogP contribution in [0, 0.1) is 0 Å². The van der Waals surface area contributed by atoms with Gasteiger partial charge in [0.1, 0.15) is 19.3 Å². The molecule has 0 fully saturated rings. The Labute approximate surface area is 254 Å². The van der Waals surface area contributed by atoms with Gasteiger partial charge in [-0.1, -0.05) is 78.9 Å². The highest BCUT2D eigenvalue weighted by molar-refractivity contribution is 7.85. The molecule has 0 aromatic heterocycles. The van der Waals surface area contributed by atoms with Crippen molar-refractivity contribution >= 4 is 22.2 Å². The zero-order valence-electron chi connectivity index (χ0n) is 24.8. The van der Waals surface area contributed by atoms with E-state index in [1.807, 2.05) is 80.8 Å². The first kappa shape index (κ1) is 32.2. The molecule has 1 atom stereocenters. The smallest absolute Gasteiger partial charge is 0.407 e. The molecule has 43 heavy (non-hydrogen) atoms. The van der Waals surface area contributed by atoms with Crippen LogP contribution in [0.2, 0.25) is 0 Å². The Morgan fingerprint density at radius 1 is 0.837 bits per heavy atom. The fourth-order valence-corrected chi connectivity index (χ4v) is 6.03. The van der Waals surface area contributed by atoms with Crippen LogP contribution in [0.4, 0.5) is 4.79 Å². The summed E-state index contributed by atoms with van der Waals surface area (Å²) in [5.41, 5.74) is 5.32. The van der Waals surface area contributed by atoms with E-state index >= 15 is 0 Å². The SMILES string of the molecule is C[N+](C)(CCCC[C@H](NC(=O)OCC1c2ccccc2-c2ccccc21)C(=O)OCc1ccccc1)CCCS(=O)(=O)O. The lowest BCUT2D eigenvalue weighted by Gasteiger charge is -2.30. The summed E-state index contributed by atoms with van der Waals surface area (Å²) >= 11 is 0. The van der Waals surface area contributed by atoms with Gasteiger partial charge in [-0.15, -0.1) is 0 Å². The monoisotopic (exact) mass is 609 g/mol. The largest absolute Gasteiger partial charge is 0.459 e. The molecule has 1 amide bonds. The molecule has 0 saturated heterocycles. The zero-order chi connectivity index (χ0) is 30.9. The van der Waals surface area contributed by atoms with Crippen molar-refractivity contribution < 1.29 is 36.5 Å². The second-order valence-electron chi connectivity index (χ2n) is 11.6. The van der Waals surface area contributed by atoms with Gasteiger partial charge in [-0.2, -0.15) is 8.42 Å². The number of rotatable bonds is 15. The maximum Gasteiger partial charge on any atom is 0.407 e. The molecule has 0 radical (unpaired) electrons. The summed E-state index contributed by atoms with van der Waals surface area (Å²) in [6.07, 6.45) is 1.42. The third-order valence-electron chi connectivity index (χ3n) is 7.82. The molecule has 0 saturated carbocycles. The maximum absolute atomic E-state index is 13.1. The predicted molar refractivity (Wildman–Crippen MR) is 165 cm³/mol. The van der Waals surface area contributed by atoms with E-state index in [1.54, 1.807) is 0 Å². The van der Waals surface area contributed by atoms with Crippen molar-refractivity contribution in [2.24, 2.45) is 0 Å². The molecular weight excluding hydrogens is 568 g/mol. The molecule has 1 aliphatic carbocycles. The molecule has 10 heteroatoms. The highest BCUT2D eigenvalue weighted by Gasteiger charge is 2.30. The summed E-state index contributed by atoms with van der Waals surface area (Å²) in [5.74, 6) is -0.893. The number of quaternary nitrogens is 1. The van der Waals surface area contributed by atoms with Gasteiger partial charge < -0.3 is 19.3 Å². The summed E-state index contributed by atoms with van der Waals surface area (Å²) < 4.78 is 42.9. The van der Waals surface area contributed by atoms with Crippen molar-refractivity contribution in [3.05, 3.63) is 95.6 Å². The lowest BCUT2D eigenvalue weighted by Crippen LogP contribution is -2.43.